The smallest absolute Gasteiger partial charge is 0.248 e. The minimum atomic E-state index is -1.71. The van der Waals surface area contributed by atoms with Gasteiger partial charge in [-0.3, -0.25) is 43.2 Å². The van der Waals surface area contributed by atoms with Gasteiger partial charge in [0.25, 0.3) is 0 Å². The number of unbranched alkanes of at least 4 members (excludes halogenated alkanes) is 1. The second-order valence-electron chi connectivity index (χ2n) is 19.6. The Bertz CT molecular complexity index is 2840. The minimum absolute atomic E-state index is 0.0277. The molecular weight excluding hydrogens is 1110 g/mol. The average molecular weight is 1180 g/mol. The number of halogens is 1. The first kappa shape index (κ1) is 64.4. The van der Waals surface area contributed by atoms with Crippen molar-refractivity contribution in [1.29, 1.82) is 0 Å². The van der Waals surface area contributed by atoms with Crippen molar-refractivity contribution in [2.45, 2.75) is 106 Å². The lowest BCUT2D eigenvalue weighted by Gasteiger charge is -2.34. The Kier molecular flexibility index (Phi) is 24.6. The summed E-state index contributed by atoms with van der Waals surface area (Å²) in [5, 5.41) is 45.1. The van der Waals surface area contributed by atoms with Crippen LogP contribution in [0.15, 0.2) is 97.1 Å². The summed E-state index contributed by atoms with van der Waals surface area (Å²) >= 11 is 6.09. The molecule has 9 amide bonds. The van der Waals surface area contributed by atoms with Crippen LogP contribution in [0.25, 0.3) is 0 Å². The summed E-state index contributed by atoms with van der Waals surface area (Å²) < 4.78 is 0. The van der Waals surface area contributed by atoms with E-state index in [9.17, 15) is 48.9 Å². The molecule has 81 heavy (non-hydrogen) atoms. The van der Waals surface area contributed by atoms with Gasteiger partial charge in [-0.25, -0.2) is 0 Å². The zero-order chi connectivity index (χ0) is 59.5. The van der Waals surface area contributed by atoms with Gasteiger partial charge in [-0.05, 0) is 110 Å². The fourth-order valence-corrected chi connectivity index (χ4v) is 11.2. The fraction of sp³-hybridized carbons (Fsp3) is 0.400. The van der Waals surface area contributed by atoms with Crippen molar-refractivity contribution in [1.82, 2.24) is 36.4 Å². The first-order valence-corrected chi connectivity index (χ1v) is 28.7. The predicted octanol–water partition coefficient (Wildman–Crippen LogP) is -0.0839. The summed E-state index contributed by atoms with van der Waals surface area (Å²) in [6.45, 7) is 1.45. The Morgan fingerprint density at radius 2 is 1.23 bits per heavy atom. The number of hydrogen-bond donors (Lipinski definition) is 12. The largest absolute Gasteiger partial charge is 0.508 e. The number of benzene rings is 4. The molecule has 1 heterocycles. The van der Waals surface area contributed by atoms with Crippen LogP contribution in [0, 0.1) is 0 Å². The molecule has 1 saturated heterocycles. The third kappa shape index (κ3) is 19.4. The van der Waals surface area contributed by atoms with Crippen molar-refractivity contribution in [3.8, 4) is 11.5 Å². The van der Waals surface area contributed by atoms with Crippen LogP contribution in [0.2, 0.25) is 5.02 Å². The van der Waals surface area contributed by atoms with Gasteiger partial charge in [0.2, 0.25) is 53.2 Å². The first-order chi connectivity index (χ1) is 38.4. The molecule has 0 spiro atoms. The van der Waals surface area contributed by atoms with Crippen molar-refractivity contribution >= 4 is 86.4 Å². The Morgan fingerprint density at radius 3 is 1.81 bits per heavy atom. The summed E-state index contributed by atoms with van der Waals surface area (Å²) in [7, 11) is 4.49. The zero-order valence-corrected chi connectivity index (χ0v) is 47.3. The molecule has 1 aliphatic rings. The van der Waals surface area contributed by atoms with Gasteiger partial charge in [-0.1, -0.05) is 81.7 Å². The molecule has 0 saturated carbocycles. The molecule has 4 aromatic carbocycles. The first-order valence-electron chi connectivity index (χ1n) is 25.9. The van der Waals surface area contributed by atoms with Gasteiger partial charge in [0.15, 0.2) is 0 Å². The standard InChI is InChI=1S/C55H70ClN11O12S2/c1-30(68)46-53(77)64-43(51(75)62-41(48(60)72)25-33-11-19-37(69)20-12-33)28-80-81-29-44(65-49(73)39(58)24-31-9-17-36(56)18-10-31)55(79)66(2)45(27-34-13-21-38(70)22-14-34)52(76)63-42(26-32-7-15-35(16-8-32)47(59)71)50(74)61-40(6-4-5-23-57)54(78)67(46)3/h7-22,30,39-46,68-70H,4-6,23-29,57-58H2,1-3H3,(H2,59,71)(H2,60,72)(H,61,74)(H,62,75)(H,63,76)(H,64,77)(H,65,73)/t30?,39-,40-,41+,42+,43-,44+,45-,46?/m0/s1. The molecule has 1 fully saturated rings. The van der Waals surface area contributed by atoms with Crippen molar-refractivity contribution in [2.75, 3.05) is 32.1 Å². The molecule has 9 atom stereocenters. The number of aromatic hydroxyl groups is 2. The van der Waals surface area contributed by atoms with Crippen molar-refractivity contribution in [2.24, 2.45) is 22.9 Å². The van der Waals surface area contributed by atoms with Crippen molar-refractivity contribution < 1.29 is 58.5 Å². The van der Waals surface area contributed by atoms with Crippen LogP contribution in [0.5, 0.6) is 11.5 Å². The molecule has 436 valence electrons. The molecule has 0 aromatic heterocycles. The summed E-state index contributed by atoms with van der Waals surface area (Å²) in [4.78, 5) is 129. The van der Waals surface area contributed by atoms with E-state index in [1.54, 1.807) is 24.3 Å². The van der Waals surface area contributed by atoms with Crippen LogP contribution >= 0.6 is 33.2 Å². The molecule has 0 radical (unpaired) electrons. The third-order valence-electron chi connectivity index (χ3n) is 13.4. The number of rotatable bonds is 19. The second-order valence-corrected chi connectivity index (χ2v) is 22.6. The molecule has 1 aliphatic heterocycles. The lowest BCUT2D eigenvalue weighted by Crippen LogP contribution is -2.62. The number of likely N-dealkylation sites (N-methyl/N-ethyl adjacent to an activating group) is 2. The lowest BCUT2D eigenvalue weighted by molar-refractivity contribution is -0.146. The number of aliphatic hydroxyl groups excluding tert-OH is 1. The van der Waals surface area contributed by atoms with Crippen LogP contribution in [0.1, 0.15) is 58.8 Å². The zero-order valence-electron chi connectivity index (χ0n) is 44.9. The van der Waals surface area contributed by atoms with Gasteiger partial charge in [-0.2, -0.15) is 0 Å². The maximum Gasteiger partial charge on any atom is 0.248 e. The molecular formula is C55H70ClN11O12S2. The highest BCUT2D eigenvalue weighted by atomic mass is 35.5. The normalized spacial score (nSPS) is 21.1. The van der Waals surface area contributed by atoms with E-state index in [-0.39, 0.29) is 73.6 Å². The number of phenolic OH excluding ortho intramolecular Hbond substituents is 2. The van der Waals surface area contributed by atoms with E-state index >= 15 is 9.59 Å². The van der Waals surface area contributed by atoms with Gasteiger partial charge in [0.05, 0.1) is 12.1 Å². The number of amides is 9. The van der Waals surface area contributed by atoms with Crippen molar-refractivity contribution in [3.63, 3.8) is 0 Å². The minimum Gasteiger partial charge on any atom is -0.508 e. The highest BCUT2D eigenvalue weighted by Gasteiger charge is 2.40. The molecule has 5 rings (SSSR count). The van der Waals surface area contributed by atoms with Crippen LogP contribution in [0.3, 0.4) is 0 Å². The van der Waals surface area contributed by atoms with Crippen LogP contribution in [0.4, 0.5) is 0 Å². The van der Waals surface area contributed by atoms with Gasteiger partial charge in [-0.15, -0.1) is 0 Å². The summed E-state index contributed by atoms with van der Waals surface area (Å²) in [6.07, 6.45) is -1.50. The van der Waals surface area contributed by atoms with E-state index in [0.29, 0.717) is 33.7 Å². The number of carbonyl (C=O) groups excluding carboxylic acids is 9. The number of phenols is 2. The molecule has 0 bridgehead atoms. The van der Waals surface area contributed by atoms with E-state index in [0.717, 1.165) is 31.4 Å². The molecule has 23 nitrogen and oxygen atoms in total. The van der Waals surface area contributed by atoms with Gasteiger partial charge in [0.1, 0.15) is 53.8 Å². The number of nitrogens with zero attached hydrogens (tertiary/aromatic N) is 2. The van der Waals surface area contributed by atoms with E-state index < -0.39 is 108 Å². The number of primary amides is 2. The second kappa shape index (κ2) is 31.0. The van der Waals surface area contributed by atoms with Crippen molar-refractivity contribution in [3.05, 3.63) is 130 Å². The van der Waals surface area contributed by atoms with Gasteiger partial charge in [0, 0.05) is 55.4 Å². The Hall–Kier alpha value is -7.42. The Balaban J connectivity index is 1.62. The topological polar surface area (TPSA) is 385 Å². The van der Waals surface area contributed by atoms with E-state index in [1.807, 2.05) is 0 Å². The van der Waals surface area contributed by atoms with E-state index in [1.165, 1.54) is 93.8 Å². The third-order valence-corrected chi connectivity index (χ3v) is 16.1. The van der Waals surface area contributed by atoms with Crippen LogP contribution in [-0.4, -0.2) is 165 Å². The number of nitrogens with two attached hydrogens (primary N) is 4. The van der Waals surface area contributed by atoms with E-state index in [4.69, 9.17) is 34.5 Å². The van der Waals surface area contributed by atoms with Gasteiger partial charge >= 0.3 is 0 Å². The highest BCUT2D eigenvalue weighted by Crippen LogP contribution is 2.26. The molecule has 16 N–H and O–H groups in total. The number of hydrogen-bond acceptors (Lipinski definition) is 16. The molecule has 26 heteroatoms. The number of aliphatic hydroxyl groups is 1. The predicted molar refractivity (Wildman–Crippen MR) is 307 cm³/mol. The van der Waals surface area contributed by atoms with E-state index in [2.05, 4.69) is 26.6 Å². The fourth-order valence-electron chi connectivity index (χ4n) is 8.76. The maximum absolute atomic E-state index is 15.0. The summed E-state index contributed by atoms with van der Waals surface area (Å²) in [5.41, 5.74) is 25.7. The monoisotopic (exact) mass is 1180 g/mol. The molecule has 2 unspecified atom stereocenters. The van der Waals surface area contributed by atoms with Crippen LogP contribution in [-0.2, 0) is 64.0 Å². The molecule has 0 aliphatic carbocycles. The summed E-state index contributed by atoms with van der Waals surface area (Å²) in [6, 6.07) is 12.5. The number of carbonyl (C=O) groups is 9. The summed E-state index contributed by atoms with van der Waals surface area (Å²) in [5.74, 6) is -8.46. The lowest BCUT2D eigenvalue weighted by atomic mass is 9.99. The maximum atomic E-state index is 15.0. The Labute approximate surface area is 481 Å². The highest BCUT2D eigenvalue weighted by molar-refractivity contribution is 8.76. The Morgan fingerprint density at radius 1 is 0.691 bits per heavy atom. The SMILES string of the molecule is CC(O)C1C(=O)N[C@H](C(=O)N[C@H](Cc2ccc(O)cc2)C(N)=O)CSSC[C@@H](NC(=O)[C@@H](N)Cc2ccc(Cl)cc2)C(=O)N(C)[C@@H](Cc2ccc(O)cc2)C(=O)N[C@H](Cc2ccc(C(N)=O)cc2)C(=O)N[C@@H](CCCCN)C(=O)N1C. The quantitative estimate of drug-likeness (QED) is 0.0431. The molecule has 4 aromatic rings. The number of nitrogens with one attached hydrogen (secondary N) is 5. The average Bonchev–Trinajstić information content (AvgIpc) is 3.46. The van der Waals surface area contributed by atoms with Gasteiger partial charge < -0.3 is 74.6 Å². The van der Waals surface area contributed by atoms with Crippen LogP contribution < -0.4 is 49.5 Å².